The van der Waals surface area contributed by atoms with Crippen LogP contribution in [0.15, 0.2) is 12.3 Å². The Morgan fingerprint density at radius 3 is 3.00 bits per heavy atom. The molecule has 0 aliphatic heterocycles. The van der Waals surface area contributed by atoms with E-state index in [2.05, 4.69) is 20.6 Å². The molecule has 0 aromatic carbocycles. The highest BCUT2D eigenvalue weighted by atomic mass is 32.2. The fraction of sp³-hybridized carbons (Fsp3) is 0.583. The number of hydrogen-bond donors (Lipinski definition) is 2. The van der Waals surface area contributed by atoms with Gasteiger partial charge in [-0.1, -0.05) is 6.92 Å². The third-order valence-electron chi connectivity index (χ3n) is 2.10. The van der Waals surface area contributed by atoms with E-state index in [1.54, 1.807) is 18.0 Å². The predicted molar refractivity (Wildman–Crippen MR) is 75.7 cm³/mol. The van der Waals surface area contributed by atoms with Gasteiger partial charge in [0.25, 0.3) is 0 Å². The Bertz CT molecular complexity index is 373. The van der Waals surface area contributed by atoms with E-state index in [4.69, 9.17) is 0 Å². The van der Waals surface area contributed by atoms with Crippen molar-refractivity contribution in [3.05, 3.63) is 18.0 Å². The van der Waals surface area contributed by atoms with Crippen LogP contribution in [0.3, 0.4) is 0 Å². The fourth-order valence-corrected chi connectivity index (χ4v) is 2.04. The van der Waals surface area contributed by atoms with Crippen molar-refractivity contribution in [1.82, 2.24) is 15.3 Å². The number of carbonyl (C=O) groups excluding carboxylic acids is 1. The molecule has 1 heterocycles. The van der Waals surface area contributed by atoms with Gasteiger partial charge in [0, 0.05) is 25.0 Å². The minimum absolute atomic E-state index is 0.0859. The molecule has 1 rings (SSSR count). The van der Waals surface area contributed by atoms with Crippen molar-refractivity contribution < 1.29 is 4.79 Å². The first-order valence-corrected chi connectivity index (χ1v) is 7.32. The standard InChI is InChI=1S/C12H20N4OS/c1-3-6-14-11(17)9-18-8-10-5-7-15-12(16-10)13-4-2/h5,7H,3-4,6,8-9H2,1-2H3,(H,14,17)(H,13,15,16). The van der Waals surface area contributed by atoms with Crippen LogP contribution < -0.4 is 10.6 Å². The average molecular weight is 268 g/mol. The lowest BCUT2D eigenvalue weighted by Gasteiger charge is -2.05. The third-order valence-corrected chi connectivity index (χ3v) is 3.07. The van der Waals surface area contributed by atoms with Gasteiger partial charge in [0.1, 0.15) is 0 Å². The minimum atomic E-state index is 0.0859. The molecule has 5 nitrogen and oxygen atoms in total. The van der Waals surface area contributed by atoms with Crippen LogP contribution in [0.4, 0.5) is 5.95 Å². The smallest absolute Gasteiger partial charge is 0.230 e. The van der Waals surface area contributed by atoms with Gasteiger partial charge in [-0.3, -0.25) is 4.79 Å². The first-order valence-electron chi connectivity index (χ1n) is 6.16. The van der Waals surface area contributed by atoms with E-state index in [1.807, 2.05) is 19.9 Å². The molecule has 1 aromatic heterocycles. The normalized spacial score (nSPS) is 10.1. The highest BCUT2D eigenvalue weighted by molar-refractivity contribution is 7.99. The fourth-order valence-electron chi connectivity index (χ4n) is 1.28. The number of carbonyl (C=O) groups is 1. The predicted octanol–water partition coefficient (Wildman–Crippen LogP) is 1.67. The zero-order chi connectivity index (χ0) is 13.2. The van der Waals surface area contributed by atoms with E-state index in [0.717, 1.165) is 31.0 Å². The number of nitrogens with one attached hydrogen (secondary N) is 2. The van der Waals surface area contributed by atoms with E-state index < -0.39 is 0 Å². The number of amides is 1. The maximum Gasteiger partial charge on any atom is 0.230 e. The highest BCUT2D eigenvalue weighted by Gasteiger charge is 2.02. The molecular formula is C12H20N4OS. The van der Waals surface area contributed by atoms with Gasteiger partial charge in [-0.2, -0.15) is 0 Å². The van der Waals surface area contributed by atoms with E-state index in [-0.39, 0.29) is 5.91 Å². The molecule has 0 atom stereocenters. The quantitative estimate of drug-likeness (QED) is 0.750. The molecule has 0 bridgehead atoms. The summed E-state index contributed by atoms with van der Waals surface area (Å²) in [6.07, 6.45) is 2.70. The number of anilines is 1. The topological polar surface area (TPSA) is 66.9 Å². The van der Waals surface area contributed by atoms with Crippen molar-refractivity contribution in [2.75, 3.05) is 24.2 Å². The Labute approximate surface area is 112 Å². The van der Waals surface area contributed by atoms with E-state index in [0.29, 0.717) is 11.7 Å². The average Bonchev–Trinajstić information content (AvgIpc) is 2.37. The van der Waals surface area contributed by atoms with E-state index in [9.17, 15) is 4.79 Å². The Morgan fingerprint density at radius 1 is 1.44 bits per heavy atom. The van der Waals surface area contributed by atoms with Gasteiger partial charge in [0.2, 0.25) is 11.9 Å². The minimum Gasteiger partial charge on any atom is -0.355 e. The molecule has 6 heteroatoms. The summed E-state index contributed by atoms with van der Waals surface area (Å²) in [5.74, 6) is 1.93. The van der Waals surface area contributed by atoms with E-state index >= 15 is 0 Å². The molecule has 0 spiro atoms. The molecule has 0 aliphatic rings. The molecule has 2 N–H and O–H groups in total. The molecule has 0 fully saturated rings. The second-order valence-corrected chi connectivity index (χ2v) is 4.73. The first kappa shape index (κ1) is 14.8. The van der Waals surface area contributed by atoms with Gasteiger partial charge in [0.15, 0.2) is 0 Å². The van der Waals surface area contributed by atoms with Crippen molar-refractivity contribution >= 4 is 23.6 Å². The van der Waals surface area contributed by atoms with Gasteiger partial charge in [-0.15, -0.1) is 11.8 Å². The monoisotopic (exact) mass is 268 g/mol. The molecular weight excluding hydrogens is 248 g/mol. The SMILES string of the molecule is CCCNC(=O)CSCc1ccnc(NCC)n1. The van der Waals surface area contributed by atoms with Gasteiger partial charge in [-0.25, -0.2) is 9.97 Å². The highest BCUT2D eigenvalue weighted by Crippen LogP contribution is 2.10. The molecule has 0 saturated carbocycles. The molecule has 0 unspecified atom stereocenters. The van der Waals surface area contributed by atoms with Crippen LogP contribution in [0.2, 0.25) is 0 Å². The molecule has 18 heavy (non-hydrogen) atoms. The van der Waals surface area contributed by atoms with Crippen molar-refractivity contribution in [2.45, 2.75) is 26.0 Å². The molecule has 1 amide bonds. The summed E-state index contributed by atoms with van der Waals surface area (Å²) in [7, 11) is 0. The third kappa shape index (κ3) is 5.86. The van der Waals surface area contributed by atoms with Crippen molar-refractivity contribution in [3.63, 3.8) is 0 Å². The Balaban J connectivity index is 2.30. The zero-order valence-electron chi connectivity index (χ0n) is 10.9. The first-order chi connectivity index (χ1) is 8.76. The second-order valence-electron chi connectivity index (χ2n) is 3.74. The van der Waals surface area contributed by atoms with E-state index in [1.165, 1.54) is 0 Å². The van der Waals surface area contributed by atoms with Gasteiger partial charge >= 0.3 is 0 Å². The van der Waals surface area contributed by atoms with Gasteiger partial charge in [-0.05, 0) is 19.4 Å². The van der Waals surface area contributed by atoms with Crippen LogP contribution >= 0.6 is 11.8 Å². The maximum atomic E-state index is 11.4. The van der Waals surface area contributed by atoms with Crippen LogP contribution in [-0.2, 0) is 10.5 Å². The van der Waals surface area contributed by atoms with Gasteiger partial charge < -0.3 is 10.6 Å². The number of hydrogen-bond acceptors (Lipinski definition) is 5. The lowest BCUT2D eigenvalue weighted by Crippen LogP contribution is -2.25. The number of nitrogens with zero attached hydrogens (tertiary/aromatic N) is 2. The molecule has 0 aliphatic carbocycles. The number of aromatic nitrogens is 2. The summed E-state index contributed by atoms with van der Waals surface area (Å²) < 4.78 is 0. The number of thioether (sulfide) groups is 1. The zero-order valence-corrected chi connectivity index (χ0v) is 11.7. The second kappa shape index (κ2) is 8.74. The molecule has 0 radical (unpaired) electrons. The summed E-state index contributed by atoms with van der Waals surface area (Å²) in [4.78, 5) is 19.8. The Morgan fingerprint density at radius 2 is 2.28 bits per heavy atom. The van der Waals surface area contributed by atoms with Crippen LogP contribution in [0.5, 0.6) is 0 Å². The van der Waals surface area contributed by atoms with Crippen LogP contribution in [0, 0.1) is 0 Å². The molecule has 100 valence electrons. The van der Waals surface area contributed by atoms with Crippen molar-refractivity contribution in [2.24, 2.45) is 0 Å². The van der Waals surface area contributed by atoms with Gasteiger partial charge in [0.05, 0.1) is 11.4 Å². The van der Waals surface area contributed by atoms with Crippen LogP contribution in [-0.4, -0.2) is 34.7 Å². The molecule has 0 saturated heterocycles. The van der Waals surface area contributed by atoms with Crippen LogP contribution in [0.25, 0.3) is 0 Å². The number of rotatable bonds is 8. The molecule has 1 aromatic rings. The lowest BCUT2D eigenvalue weighted by molar-refractivity contribution is -0.118. The van der Waals surface area contributed by atoms with Crippen molar-refractivity contribution in [3.8, 4) is 0 Å². The largest absolute Gasteiger partial charge is 0.355 e. The summed E-state index contributed by atoms with van der Waals surface area (Å²) in [5.41, 5.74) is 0.939. The summed E-state index contributed by atoms with van der Waals surface area (Å²) >= 11 is 1.56. The lowest BCUT2D eigenvalue weighted by atomic mass is 10.4. The Hall–Kier alpha value is -1.30. The summed E-state index contributed by atoms with van der Waals surface area (Å²) in [5, 5.41) is 5.91. The van der Waals surface area contributed by atoms with Crippen LogP contribution in [0.1, 0.15) is 26.0 Å². The summed E-state index contributed by atoms with van der Waals surface area (Å²) in [6, 6.07) is 1.87. The summed E-state index contributed by atoms with van der Waals surface area (Å²) in [6.45, 7) is 5.59. The maximum absolute atomic E-state index is 11.4. The Kier molecular flexibility index (Phi) is 7.17. The van der Waals surface area contributed by atoms with Crippen molar-refractivity contribution in [1.29, 1.82) is 0 Å².